The van der Waals surface area contributed by atoms with Gasteiger partial charge in [-0.25, -0.2) is 6.57 Å². The summed E-state index contributed by atoms with van der Waals surface area (Å²) in [6.45, 7) is 11.0. The number of hydrogen-bond donors (Lipinski definition) is 0. The van der Waals surface area contributed by atoms with Gasteiger partial charge in [-0.05, 0) is 13.5 Å². The van der Waals surface area contributed by atoms with E-state index in [4.69, 9.17) is 11.3 Å². The van der Waals surface area contributed by atoms with Crippen molar-refractivity contribution in [3.8, 4) is 0 Å². The minimum atomic E-state index is -0.386. The van der Waals surface area contributed by atoms with Crippen LogP contribution in [0.1, 0.15) is 13.3 Å². The lowest BCUT2D eigenvalue weighted by molar-refractivity contribution is 0.249. The molecule has 1 saturated heterocycles. The van der Waals surface area contributed by atoms with Gasteiger partial charge in [0.1, 0.15) is 0 Å². The molecule has 1 rings (SSSR count). The van der Waals surface area contributed by atoms with Crippen LogP contribution >= 0.6 is 0 Å². The minimum absolute atomic E-state index is 0.386. The second-order valence-electron chi connectivity index (χ2n) is 3.75. The Morgan fingerprint density at radius 2 is 2.38 bits per heavy atom. The van der Waals surface area contributed by atoms with Gasteiger partial charge in [0.25, 0.3) is 5.54 Å². The average molecular weight is 180 g/mol. The van der Waals surface area contributed by atoms with Crippen LogP contribution in [0.2, 0.25) is 0 Å². The van der Waals surface area contributed by atoms with E-state index in [0.717, 1.165) is 25.1 Å². The van der Waals surface area contributed by atoms with Gasteiger partial charge in [0.05, 0.1) is 25.5 Å². The number of rotatable bonds is 1. The first-order chi connectivity index (χ1) is 6.12. The molecule has 0 aromatic rings. The Labute approximate surface area is 79.8 Å². The number of ether oxygens (including phenoxy) is 1. The quantitative estimate of drug-likeness (QED) is 0.449. The van der Waals surface area contributed by atoms with Crippen molar-refractivity contribution < 1.29 is 4.74 Å². The lowest BCUT2D eigenvalue weighted by Gasteiger charge is -2.31. The molecule has 0 bridgehead atoms. The fraction of sp³-hybridized carbons (Fsp3) is 0.700. The molecule has 3 nitrogen and oxygen atoms in total. The fourth-order valence-electron chi connectivity index (χ4n) is 1.72. The Morgan fingerprint density at radius 3 is 2.92 bits per heavy atom. The molecule has 1 unspecified atom stereocenters. The monoisotopic (exact) mass is 180 g/mol. The van der Waals surface area contributed by atoms with Crippen molar-refractivity contribution in [3.63, 3.8) is 0 Å². The molecule has 0 N–H and O–H groups in total. The van der Waals surface area contributed by atoms with Crippen LogP contribution in [0.25, 0.3) is 4.85 Å². The highest BCUT2D eigenvalue weighted by atomic mass is 16.5. The summed E-state index contributed by atoms with van der Waals surface area (Å²) in [4.78, 5) is 5.88. The summed E-state index contributed by atoms with van der Waals surface area (Å²) >= 11 is 0. The van der Waals surface area contributed by atoms with Crippen molar-refractivity contribution in [2.24, 2.45) is 0 Å². The van der Waals surface area contributed by atoms with E-state index in [2.05, 4.69) is 9.74 Å². The molecule has 0 spiro atoms. The second-order valence-corrected chi connectivity index (χ2v) is 3.75. The summed E-state index contributed by atoms with van der Waals surface area (Å²) in [6, 6.07) is 0. The Kier molecular flexibility index (Phi) is 2.94. The highest BCUT2D eigenvalue weighted by Gasteiger charge is 2.40. The number of likely N-dealkylation sites (N-methyl/N-ethyl adjacent to an activating group) is 1. The Bertz CT molecular complexity index is 254. The minimum Gasteiger partial charge on any atom is -0.504 e. The number of piperidine rings is 1. The van der Waals surface area contributed by atoms with Gasteiger partial charge in [0.15, 0.2) is 0 Å². The third-order valence-electron chi connectivity index (χ3n) is 2.54. The molecule has 0 aromatic heterocycles. The van der Waals surface area contributed by atoms with Gasteiger partial charge in [-0.3, -0.25) is 4.90 Å². The van der Waals surface area contributed by atoms with Crippen LogP contribution in [0, 0.1) is 6.57 Å². The van der Waals surface area contributed by atoms with E-state index >= 15 is 0 Å². The predicted octanol–water partition coefficient (Wildman–Crippen LogP) is 1.53. The van der Waals surface area contributed by atoms with E-state index in [0.29, 0.717) is 0 Å². The molecule has 0 amide bonds. The van der Waals surface area contributed by atoms with Crippen LogP contribution in [0.3, 0.4) is 0 Å². The maximum Gasteiger partial charge on any atom is 0.266 e. The van der Waals surface area contributed by atoms with Gasteiger partial charge in [-0.1, -0.05) is 0 Å². The first kappa shape index (κ1) is 10.1. The molecule has 1 atom stereocenters. The second kappa shape index (κ2) is 3.80. The van der Waals surface area contributed by atoms with E-state index in [1.165, 1.54) is 0 Å². The van der Waals surface area contributed by atoms with Crippen molar-refractivity contribution in [2.45, 2.75) is 18.9 Å². The molecule has 72 valence electrons. The highest BCUT2D eigenvalue weighted by Crippen LogP contribution is 2.29. The van der Waals surface area contributed by atoms with Gasteiger partial charge in [-0.15, -0.1) is 0 Å². The van der Waals surface area contributed by atoms with E-state index in [1.807, 2.05) is 14.0 Å². The molecule has 0 saturated carbocycles. The number of methoxy groups -OCH3 is 1. The van der Waals surface area contributed by atoms with Gasteiger partial charge >= 0.3 is 0 Å². The number of hydrogen-bond acceptors (Lipinski definition) is 2. The molecule has 13 heavy (non-hydrogen) atoms. The highest BCUT2D eigenvalue weighted by molar-refractivity contribution is 5.26. The molecule has 0 aromatic carbocycles. The van der Waals surface area contributed by atoms with E-state index in [9.17, 15) is 0 Å². The molecule has 1 fully saturated rings. The molecule has 0 radical (unpaired) electrons. The smallest absolute Gasteiger partial charge is 0.266 e. The van der Waals surface area contributed by atoms with Gasteiger partial charge in [-0.2, -0.15) is 0 Å². The maximum atomic E-state index is 7.19. The number of likely N-dealkylation sites (tertiary alicyclic amines) is 1. The largest absolute Gasteiger partial charge is 0.504 e. The van der Waals surface area contributed by atoms with Crippen molar-refractivity contribution in [1.82, 2.24) is 4.90 Å². The zero-order chi connectivity index (χ0) is 9.90. The van der Waals surface area contributed by atoms with Crippen LogP contribution in [-0.2, 0) is 4.74 Å². The Balaban J connectivity index is 2.86. The van der Waals surface area contributed by atoms with E-state index < -0.39 is 0 Å². The maximum absolute atomic E-state index is 7.19. The fourth-order valence-corrected chi connectivity index (χ4v) is 1.72. The zero-order valence-electron chi connectivity index (χ0n) is 8.50. The van der Waals surface area contributed by atoms with Crippen LogP contribution in [-0.4, -0.2) is 37.7 Å². The van der Waals surface area contributed by atoms with Crippen molar-refractivity contribution in [3.05, 3.63) is 23.3 Å². The van der Waals surface area contributed by atoms with E-state index in [-0.39, 0.29) is 5.54 Å². The summed E-state index contributed by atoms with van der Waals surface area (Å²) in [6.07, 6.45) is 2.66. The predicted molar refractivity (Wildman–Crippen MR) is 52.2 cm³/mol. The topological polar surface area (TPSA) is 16.8 Å². The zero-order valence-corrected chi connectivity index (χ0v) is 8.50. The van der Waals surface area contributed by atoms with Crippen molar-refractivity contribution in [1.29, 1.82) is 0 Å². The summed E-state index contributed by atoms with van der Waals surface area (Å²) in [5.41, 5.74) is 0.728. The molecular formula is C10H16N2O. The molecule has 3 heteroatoms. The van der Waals surface area contributed by atoms with Crippen LogP contribution in [0.4, 0.5) is 0 Å². The lowest BCUT2D eigenvalue weighted by atomic mass is 9.87. The number of nitrogens with zero attached hydrogens (tertiary/aromatic N) is 2. The Morgan fingerprint density at radius 1 is 1.69 bits per heavy atom. The van der Waals surface area contributed by atoms with Crippen LogP contribution < -0.4 is 0 Å². The molecule has 1 aliphatic heterocycles. The lowest BCUT2D eigenvalue weighted by Crippen LogP contribution is -2.43. The standard InChI is InChI=1S/C10H16N2O/c1-10(11-2)8-12(3)6-5-9(10)7-13-4/h7H,5-6,8H2,1,3-4H3/b9-7+. The third-order valence-corrected chi connectivity index (χ3v) is 2.54. The summed E-state index contributed by atoms with van der Waals surface area (Å²) in [7, 11) is 3.68. The Hall–Kier alpha value is -1.01. The average Bonchev–Trinajstić information content (AvgIpc) is 2.10. The normalized spacial score (nSPS) is 32.9. The van der Waals surface area contributed by atoms with Gasteiger partial charge in [0, 0.05) is 13.5 Å². The van der Waals surface area contributed by atoms with E-state index in [1.54, 1.807) is 13.4 Å². The van der Waals surface area contributed by atoms with Crippen molar-refractivity contribution in [2.75, 3.05) is 27.2 Å². The molecular weight excluding hydrogens is 164 g/mol. The first-order valence-electron chi connectivity index (χ1n) is 4.42. The summed E-state index contributed by atoms with van der Waals surface area (Å²) in [5.74, 6) is 0. The van der Waals surface area contributed by atoms with Crippen LogP contribution in [0.15, 0.2) is 11.8 Å². The van der Waals surface area contributed by atoms with Gasteiger partial charge in [0.2, 0.25) is 0 Å². The van der Waals surface area contributed by atoms with Crippen molar-refractivity contribution >= 4 is 0 Å². The van der Waals surface area contributed by atoms with Gasteiger partial charge < -0.3 is 9.58 Å². The molecule has 0 aliphatic carbocycles. The SMILES string of the molecule is [C-]#[N+]C1(C)CN(C)CC/C1=C\OC. The first-order valence-corrected chi connectivity index (χ1v) is 4.42. The summed E-state index contributed by atoms with van der Waals surface area (Å²) in [5, 5.41) is 0. The van der Waals surface area contributed by atoms with Crippen LogP contribution in [0.5, 0.6) is 0 Å². The molecule has 1 heterocycles. The summed E-state index contributed by atoms with van der Waals surface area (Å²) < 4.78 is 4.99. The third kappa shape index (κ3) is 2.02. The molecule has 1 aliphatic rings.